The summed E-state index contributed by atoms with van der Waals surface area (Å²) in [4.78, 5) is 20.3. The second-order valence-electron chi connectivity index (χ2n) is 5.48. The van der Waals surface area contributed by atoms with Crippen LogP contribution in [0.1, 0.15) is 27.2 Å². The van der Waals surface area contributed by atoms with E-state index in [0.29, 0.717) is 17.9 Å². The number of anilines is 1. The van der Waals surface area contributed by atoms with E-state index in [9.17, 15) is 4.79 Å². The monoisotopic (exact) mass is 333 g/mol. The number of nitrogens with one attached hydrogen (secondary N) is 2. The Kier molecular flexibility index (Phi) is 6.12. The lowest BCUT2D eigenvalue weighted by molar-refractivity contribution is 0.243. The molecule has 0 aliphatic carbocycles. The minimum atomic E-state index is -0.00526. The van der Waals surface area contributed by atoms with E-state index in [4.69, 9.17) is 4.74 Å². The van der Waals surface area contributed by atoms with Crippen LogP contribution in [0.4, 0.5) is 5.13 Å². The maximum atomic E-state index is 12.4. The standard InChI is InChI=1S/C17H23N3O2S/c1-5-6-12-13(7-8-22-4)19-14(9-16(12)21)15-10-23-17(20-15)18-11(2)3/h6-7,9-11,19H,5,8H2,1-4H3,(H,18,20)/b12-6+,13-7+. The molecule has 0 aromatic carbocycles. The molecule has 0 saturated heterocycles. The van der Waals surface area contributed by atoms with Gasteiger partial charge in [-0.05, 0) is 26.3 Å². The molecule has 0 radical (unpaired) electrons. The zero-order chi connectivity index (χ0) is 16.8. The minimum Gasteiger partial charge on any atom is -0.381 e. The maximum absolute atomic E-state index is 12.4. The molecule has 2 heterocycles. The largest absolute Gasteiger partial charge is 0.381 e. The zero-order valence-electron chi connectivity index (χ0n) is 14.0. The topological polar surface area (TPSA) is 67.0 Å². The van der Waals surface area contributed by atoms with Crippen LogP contribution in [-0.2, 0) is 4.74 Å². The summed E-state index contributed by atoms with van der Waals surface area (Å²) in [6, 6.07) is 1.93. The van der Waals surface area contributed by atoms with Gasteiger partial charge in [0.2, 0.25) is 0 Å². The molecule has 0 atom stereocenters. The molecule has 0 unspecified atom stereocenters. The lowest BCUT2D eigenvalue weighted by atomic mass is 10.2. The highest BCUT2D eigenvalue weighted by molar-refractivity contribution is 7.14. The van der Waals surface area contributed by atoms with E-state index < -0.39 is 0 Å². The third-order valence-electron chi connectivity index (χ3n) is 3.16. The predicted molar refractivity (Wildman–Crippen MR) is 97.3 cm³/mol. The van der Waals surface area contributed by atoms with Crippen LogP contribution in [0.15, 0.2) is 16.2 Å². The Balaban J connectivity index is 2.52. The number of pyridine rings is 1. The van der Waals surface area contributed by atoms with Crippen LogP contribution in [0.3, 0.4) is 0 Å². The molecule has 2 N–H and O–H groups in total. The van der Waals surface area contributed by atoms with Gasteiger partial charge in [0.05, 0.1) is 18.0 Å². The molecule has 0 aliphatic heterocycles. The summed E-state index contributed by atoms with van der Waals surface area (Å²) in [6.07, 6.45) is 4.61. The molecule has 5 nitrogen and oxygen atoms in total. The predicted octanol–water partition coefficient (Wildman–Crippen LogP) is 1.94. The number of H-pyrrole nitrogens is 1. The first-order valence-electron chi connectivity index (χ1n) is 7.70. The SMILES string of the molecule is CC/C=c1/c(=O)cc(-c2csc(NC(C)C)n2)[nH]/c1=C/COC. The van der Waals surface area contributed by atoms with Crippen LogP contribution in [0.5, 0.6) is 0 Å². The molecule has 0 fully saturated rings. The van der Waals surface area contributed by atoms with Gasteiger partial charge >= 0.3 is 0 Å². The molecule has 6 heteroatoms. The van der Waals surface area contributed by atoms with Gasteiger partial charge in [0.15, 0.2) is 10.6 Å². The van der Waals surface area contributed by atoms with Crippen LogP contribution in [0.25, 0.3) is 23.5 Å². The van der Waals surface area contributed by atoms with Gasteiger partial charge < -0.3 is 15.0 Å². The van der Waals surface area contributed by atoms with E-state index in [1.54, 1.807) is 13.2 Å². The number of hydrogen-bond acceptors (Lipinski definition) is 5. The van der Waals surface area contributed by atoms with Crippen molar-refractivity contribution in [2.24, 2.45) is 0 Å². The van der Waals surface area contributed by atoms with Gasteiger partial charge in [-0.15, -0.1) is 11.3 Å². The zero-order valence-corrected chi connectivity index (χ0v) is 14.8. The van der Waals surface area contributed by atoms with Crippen molar-refractivity contribution in [1.29, 1.82) is 0 Å². The fraction of sp³-hybridized carbons (Fsp3) is 0.412. The molecule has 0 saturated carbocycles. The summed E-state index contributed by atoms with van der Waals surface area (Å²) < 4.78 is 5.10. The quantitative estimate of drug-likeness (QED) is 0.848. The van der Waals surface area contributed by atoms with E-state index >= 15 is 0 Å². The van der Waals surface area contributed by atoms with Gasteiger partial charge in [0.1, 0.15) is 0 Å². The number of aromatic amines is 1. The second-order valence-corrected chi connectivity index (χ2v) is 6.34. The van der Waals surface area contributed by atoms with E-state index in [-0.39, 0.29) is 5.43 Å². The normalized spacial score (nSPS) is 13.1. The van der Waals surface area contributed by atoms with Gasteiger partial charge in [0, 0.05) is 35.2 Å². The number of ether oxygens (including phenoxy) is 1. The first-order chi connectivity index (χ1) is 11.0. The van der Waals surface area contributed by atoms with E-state index in [1.807, 2.05) is 24.5 Å². The maximum Gasteiger partial charge on any atom is 0.189 e. The summed E-state index contributed by atoms with van der Waals surface area (Å²) in [6.45, 7) is 6.59. The van der Waals surface area contributed by atoms with E-state index in [1.165, 1.54) is 11.3 Å². The van der Waals surface area contributed by atoms with E-state index in [0.717, 1.165) is 28.3 Å². The van der Waals surface area contributed by atoms with Gasteiger partial charge in [-0.3, -0.25) is 4.79 Å². The Labute approximate surface area is 139 Å². The number of rotatable bonds is 6. The Morgan fingerprint density at radius 3 is 2.87 bits per heavy atom. The number of nitrogens with zero attached hydrogens (tertiary/aromatic N) is 1. The van der Waals surface area contributed by atoms with Gasteiger partial charge in [0.25, 0.3) is 0 Å². The molecule has 0 aliphatic rings. The van der Waals surface area contributed by atoms with Gasteiger partial charge in [-0.25, -0.2) is 4.98 Å². The van der Waals surface area contributed by atoms with E-state index in [2.05, 4.69) is 29.1 Å². The van der Waals surface area contributed by atoms with Crippen LogP contribution in [0.2, 0.25) is 0 Å². The van der Waals surface area contributed by atoms with Crippen LogP contribution < -0.4 is 21.3 Å². The fourth-order valence-electron chi connectivity index (χ4n) is 2.18. The first kappa shape index (κ1) is 17.4. The minimum absolute atomic E-state index is 0.00526. The van der Waals surface area contributed by atoms with Gasteiger partial charge in [-0.2, -0.15) is 0 Å². The van der Waals surface area contributed by atoms with Crippen molar-refractivity contribution >= 4 is 28.6 Å². The Morgan fingerprint density at radius 1 is 1.43 bits per heavy atom. The third kappa shape index (κ3) is 4.53. The average molecular weight is 333 g/mol. The molecule has 2 aromatic rings. The second kappa shape index (κ2) is 8.08. The van der Waals surface area contributed by atoms with Gasteiger partial charge in [-0.1, -0.05) is 13.0 Å². The molecular weight excluding hydrogens is 310 g/mol. The lowest BCUT2D eigenvalue weighted by Crippen LogP contribution is -2.41. The number of aromatic nitrogens is 2. The number of hydrogen-bond donors (Lipinski definition) is 2. The fourth-order valence-corrected chi connectivity index (χ4v) is 3.04. The van der Waals surface area contributed by atoms with Crippen LogP contribution in [-0.4, -0.2) is 29.7 Å². The van der Waals surface area contributed by atoms with Crippen molar-refractivity contribution < 1.29 is 4.74 Å². The number of thiazole rings is 1. The summed E-state index contributed by atoms with van der Waals surface area (Å²) in [5, 5.41) is 7.53. The molecule has 0 bridgehead atoms. The number of methoxy groups -OCH3 is 1. The molecule has 0 amide bonds. The summed E-state index contributed by atoms with van der Waals surface area (Å²) in [5.41, 5.74) is 1.48. The third-order valence-corrected chi connectivity index (χ3v) is 3.93. The molecular formula is C17H23N3O2S. The summed E-state index contributed by atoms with van der Waals surface area (Å²) in [7, 11) is 1.63. The summed E-state index contributed by atoms with van der Waals surface area (Å²) >= 11 is 1.53. The lowest BCUT2D eigenvalue weighted by Gasteiger charge is -2.04. The van der Waals surface area contributed by atoms with Crippen LogP contribution in [0, 0.1) is 0 Å². The Hall–Kier alpha value is -1.92. The van der Waals surface area contributed by atoms with Crippen molar-refractivity contribution in [3.8, 4) is 11.4 Å². The van der Waals surface area contributed by atoms with Crippen molar-refractivity contribution in [3.05, 3.63) is 32.2 Å². The smallest absolute Gasteiger partial charge is 0.189 e. The molecule has 124 valence electrons. The molecule has 0 spiro atoms. The average Bonchev–Trinajstić information content (AvgIpc) is 2.95. The van der Waals surface area contributed by atoms with Crippen molar-refractivity contribution in [2.75, 3.05) is 19.0 Å². The Morgan fingerprint density at radius 2 is 2.22 bits per heavy atom. The van der Waals surface area contributed by atoms with Crippen molar-refractivity contribution in [2.45, 2.75) is 33.2 Å². The highest BCUT2D eigenvalue weighted by atomic mass is 32.1. The molecule has 2 rings (SSSR count). The highest BCUT2D eigenvalue weighted by Gasteiger charge is 2.07. The van der Waals surface area contributed by atoms with Crippen molar-refractivity contribution in [1.82, 2.24) is 9.97 Å². The molecule has 23 heavy (non-hydrogen) atoms. The van der Waals surface area contributed by atoms with Crippen LogP contribution >= 0.6 is 11.3 Å². The van der Waals surface area contributed by atoms with Crippen molar-refractivity contribution in [3.63, 3.8) is 0 Å². The Bertz CT molecular complexity index is 821. The highest BCUT2D eigenvalue weighted by Crippen LogP contribution is 2.22. The summed E-state index contributed by atoms with van der Waals surface area (Å²) in [5.74, 6) is 0. The molecule has 2 aromatic heterocycles. The first-order valence-corrected chi connectivity index (χ1v) is 8.58.